The molecule has 2 atom stereocenters. The van der Waals surface area contributed by atoms with E-state index in [0.717, 1.165) is 11.3 Å². The van der Waals surface area contributed by atoms with Crippen LogP contribution in [0.1, 0.15) is 24.9 Å². The van der Waals surface area contributed by atoms with E-state index in [1.54, 1.807) is 7.11 Å². The zero-order valence-corrected chi connectivity index (χ0v) is 11.7. The molecule has 0 radical (unpaired) electrons. The summed E-state index contributed by atoms with van der Waals surface area (Å²) >= 11 is 0. The van der Waals surface area contributed by atoms with Crippen molar-refractivity contribution in [2.45, 2.75) is 25.5 Å². The molecule has 0 saturated carbocycles. The topological polar surface area (TPSA) is 82.8 Å². The van der Waals surface area contributed by atoms with E-state index in [2.05, 4.69) is 5.32 Å². The minimum atomic E-state index is -0.251. The molecular formula is C14H20N2O4. The predicted octanol–water partition coefficient (Wildman–Crippen LogP) is 0.956. The molecule has 20 heavy (non-hydrogen) atoms. The minimum Gasteiger partial charge on any atom is -0.454 e. The van der Waals surface area contributed by atoms with Gasteiger partial charge in [0.25, 0.3) is 0 Å². The Bertz CT molecular complexity index is 474. The molecule has 6 nitrogen and oxygen atoms in total. The fourth-order valence-electron chi connectivity index (χ4n) is 2.04. The monoisotopic (exact) mass is 280 g/mol. The van der Waals surface area contributed by atoms with Gasteiger partial charge in [0.2, 0.25) is 12.7 Å². The van der Waals surface area contributed by atoms with Crippen molar-refractivity contribution in [3.63, 3.8) is 0 Å². The summed E-state index contributed by atoms with van der Waals surface area (Å²) in [4.78, 5) is 11.9. The molecular weight excluding hydrogens is 260 g/mol. The summed E-state index contributed by atoms with van der Waals surface area (Å²) in [6.07, 6.45) is 0.000908. The number of carbonyl (C=O) groups excluding carboxylic acids is 1. The number of nitrogens with one attached hydrogen (secondary N) is 1. The van der Waals surface area contributed by atoms with Crippen LogP contribution < -0.4 is 20.5 Å². The van der Waals surface area contributed by atoms with Crippen LogP contribution in [0, 0.1) is 0 Å². The van der Waals surface area contributed by atoms with Crippen LogP contribution in [-0.4, -0.2) is 32.5 Å². The van der Waals surface area contributed by atoms with E-state index in [1.165, 1.54) is 0 Å². The van der Waals surface area contributed by atoms with Crippen molar-refractivity contribution < 1.29 is 19.0 Å². The molecule has 1 heterocycles. The Balaban J connectivity index is 1.94. The van der Waals surface area contributed by atoms with E-state index in [1.807, 2.05) is 25.1 Å². The number of carbonyl (C=O) groups is 1. The summed E-state index contributed by atoms with van der Waals surface area (Å²) in [5.74, 6) is 1.35. The smallest absolute Gasteiger partial charge is 0.231 e. The average molecular weight is 280 g/mol. The van der Waals surface area contributed by atoms with Crippen molar-refractivity contribution in [1.82, 2.24) is 5.32 Å². The molecule has 0 saturated heterocycles. The summed E-state index contributed by atoms with van der Waals surface area (Å²) in [7, 11) is 1.55. The van der Waals surface area contributed by atoms with E-state index in [0.29, 0.717) is 12.3 Å². The van der Waals surface area contributed by atoms with Gasteiger partial charge in [0.05, 0.1) is 18.6 Å². The molecule has 0 bridgehead atoms. The number of hydrogen-bond acceptors (Lipinski definition) is 5. The van der Waals surface area contributed by atoms with Crippen molar-refractivity contribution in [3.05, 3.63) is 23.8 Å². The maximum atomic E-state index is 11.9. The van der Waals surface area contributed by atoms with Crippen molar-refractivity contribution in [2.75, 3.05) is 20.4 Å². The van der Waals surface area contributed by atoms with Crippen molar-refractivity contribution >= 4 is 5.91 Å². The average Bonchev–Trinajstić information content (AvgIpc) is 2.91. The maximum absolute atomic E-state index is 11.9. The normalized spacial score (nSPS) is 15.8. The van der Waals surface area contributed by atoms with Crippen LogP contribution in [0.25, 0.3) is 0 Å². The lowest BCUT2D eigenvalue weighted by Crippen LogP contribution is -2.33. The predicted molar refractivity (Wildman–Crippen MR) is 73.6 cm³/mol. The van der Waals surface area contributed by atoms with Crippen molar-refractivity contribution in [2.24, 2.45) is 5.73 Å². The van der Waals surface area contributed by atoms with Gasteiger partial charge in [-0.1, -0.05) is 6.07 Å². The molecule has 1 amide bonds. The molecule has 1 aliphatic heterocycles. The van der Waals surface area contributed by atoms with Gasteiger partial charge in [-0.25, -0.2) is 0 Å². The Labute approximate surface area is 118 Å². The van der Waals surface area contributed by atoms with Crippen molar-refractivity contribution in [3.8, 4) is 11.5 Å². The molecule has 0 aromatic heterocycles. The molecule has 2 rings (SSSR count). The molecule has 0 aliphatic carbocycles. The van der Waals surface area contributed by atoms with Crippen LogP contribution in [0.5, 0.6) is 11.5 Å². The SMILES string of the molecule is COC(CN)CC(=O)NC(C)c1ccc2c(c1)OCO2. The molecule has 1 aromatic carbocycles. The molecule has 2 unspecified atom stereocenters. The van der Waals surface area contributed by atoms with Crippen LogP contribution in [-0.2, 0) is 9.53 Å². The van der Waals surface area contributed by atoms with E-state index >= 15 is 0 Å². The first-order chi connectivity index (χ1) is 9.63. The highest BCUT2D eigenvalue weighted by Gasteiger charge is 2.18. The fourth-order valence-corrected chi connectivity index (χ4v) is 2.04. The number of fused-ring (bicyclic) bond motifs is 1. The number of amides is 1. The van der Waals surface area contributed by atoms with Gasteiger partial charge in [-0.05, 0) is 24.6 Å². The second-order valence-corrected chi connectivity index (χ2v) is 4.70. The highest BCUT2D eigenvalue weighted by molar-refractivity contribution is 5.77. The van der Waals surface area contributed by atoms with Crippen LogP contribution in [0.15, 0.2) is 18.2 Å². The first kappa shape index (κ1) is 14.6. The van der Waals surface area contributed by atoms with Gasteiger partial charge in [0, 0.05) is 13.7 Å². The molecule has 110 valence electrons. The molecule has 3 N–H and O–H groups in total. The Morgan fingerprint density at radius 1 is 1.45 bits per heavy atom. The molecule has 1 aliphatic rings. The Hall–Kier alpha value is -1.79. The number of benzene rings is 1. The van der Waals surface area contributed by atoms with Gasteiger partial charge in [-0.15, -0.1) is 0 Å². The standard InChI is InChI=1S/C14H20N2O4/c1-9(16-14(17)6-11(7-15)18-2)10-3-4-12-13(5-10)20-8-19-12/h3-5,9,11H,6-8,15H2,1-2H3,(H,16,17). The lowest BCUT2D eigenvalue weighted by molar-refractivity contribution is -0.124. The number of ether oxygens (including phenoxy) is 3. The first-order valence-electron chi connectivity index (χ1n) is 6.55. The van der Waals surface area contributed by atoms with E-state index in [-0.39, 0.29) is 31.3 Å². The third kappa shape index (κ3) is 3.40. The zero-order chi connectivity index (χ0) is 14.5. The van der Waals surface area contributed by atoms with Gasteiger partial charge in [0.15, 0.2) is 11.5 Å². The summed E-state index contributed by atoms with van der Waals surface area (Å²) in [5.41, 5.74) is 6.46. The summed E-state index contributed by atoms with van der Waals surface area (Å²) in [6, 6.07) is 5.52. The van der Waals surface area contributed by atoms with Crippen LogP contribution in [0.4, 0.5) is 0 Å². The number of rotatable bonds is 6. The zero-order valence-electron chi connectivity index (χ0n) is 11.7. The Kier molecular flexibility index (Phi) is 4.81. The number of methoxy groups -OCH3 is 1. The Morgan fingerprint density at radius 2 is 2.20 bits per heavy atom. The highest BCUT2D eigenvalue weighted by Crippen LogP contribution is 2.34. The van der Waals surface area contributed by atoms with Gasteiger partial charge >= 0.3 is 0 Å². The third-order valence-corrected chi connectivity index (χ3v) is 3.28. The lowest BCUT2D eigenvalue weighted by atomic mass is 10.1. The van der Waals surface area contributed by atoms with E-state index in [4.69, 9.17) is 19.9 Å². The molecule has 0 fully saturated rings. The van der Waals surface area contributed by atoms with Gasteiger partial charge in [-0.2, -0.15) is 0 Å². The van der Waals surface area contributed by atoms with Gasteiger partial charge in [-0.3, -0.25) is 4.79 Å². The largest absolute Gasteiger partial charge is 0.454 e. The van der Waals surface area contributed by atoms with Crippen LogP contribution in [0.3, 0.4) is 0 Å². The lowest BCUT2D eigenvalue weighted by Gasteiger charge is -2.17. The van der Waals surface area contributed by atoms with E-state index in [9.17, 15) is 4.79 Å². The van der Waals surface area contributed by atoms with Crippen molar-refractivity contribution in [1.29, 1.82) is 0 Å². The number of nitrogens with two attached hydrogens (primary N) is 1. The number of hydrogen-bond donors (Lipinski definition) is 2. The molecule has 6 heteroatoms. The third-order valence-electron chi connectivity index (χ3n) is 3.28. The molecule has 1 aromatic rings. The van der Waals surface area contributed by atoms with Crippen LogP contribution in [0.2, 0.25) is 0 Å². The fraction of sp³-hybridized carbons (Fsp3) is 0.500. The maximum Gasteiger partial charge on any atom is 0.231 e. The first-order valence-corrected chi connectivity index (χ1v) is 6.55. The summed E-state index contributed by atoms with van der Waals surface area (Å²) in [6.45, 7) is 2.48. The van der Waals surface area contributed by atoms with E-state index < -0.39 is 0 Å². The second-order valence-electron chi connectivity index (χ2n) is 4.70. The second kappa shape index (κ2) is 6.58. The quantitative estimate of drug-likeness (QED) is 0.811. The summed E-state index contributed by atoms with van der Waals surface area (Å²) < 4.78 is 15.7. The minimum absolute atomic E-state index is 0.0903. The molecule has 0 spiro atoms. The summed E-state index contributed by atoms with van der Waals surface area (Å²) in [5, 5.41) is 2.92. The van der Waals surface area contributed by atoms with Gasteiger partial charge < -0.3 is 25.3 Å². The van der Waals surface area contributed by atoms with Crippen LogP contribution >= 0.6 is 0 Å². The van der Waals surface area contributed by atoms with Gasteiger partial charge in [0.1, 0.15) is 0 Å². The Morgan fingerprint density at radius 3 is 2.90 bits per heavy atom. The highest BCUT2D eigenvalue weighted by atomic mass is 16.7.